The van der Waals surface area contributed by atoms with Crippen molar-refractivity contribution >= 4 is 11.3 Å². The molecule has 0 fully saturated rings. The van der Waals surface area contributed by atoms with Gasteiger partial charge >= 0.3 is 0 Å². The predicted octanol–water partition coefficient (Wildman–Crippen LogP) is 3.97. The first-order valence-corrected chi connectivity index (χ1v) is 17.4. The standard InChI is InChI=1S/C38H34N12O2/c1-21-15-40-29(38-44-34(46-49(21)38)32(52)13-25-19-47-17-23-7-3-5-9-27(23)36(47)41-25)12-11-26-16-39-22(2)35-43-33(45-50(26)35)14-31(51)30-20-48-18-24-8-4-6-10-28(24)37(48)42-30/h3-10,15-16,19-20,31-32,51-52H,11-14,17-18H2,1-2H3. The van der Waals surface area contributed by atoms with Crippen molar-refractivity contribution in [3.05, 3.63) is 130 Å². The molecule has 2 N–H and O–H groups in total. The van der Waals surface area contributed by atoms with Crippen LogP contribution in [-0.2, 0) is 38.8 Å². The SMILES string of the molecule is Cc1ncc(CCc2ncc(C)n3nc(C(O)Cc4cn5c(n4)-c4ccccc4C5)nc23)n2nc(CC(O)c3cn4c(n3)-c3ccccc3C4)nc12. The maximum absolute atomic E-state index is 11.2. The highest BCUT2D eigenvalue weighted by molar-refractivity contribution is 5.66. The topological polar surface area (TPSA) is 162 Å². The van der Waals surface area contributed by atoms with Gasteiger partial charge in [0.1, 0.15) is 23.9 Å². The maximum atomic E-state index is 11.2. The Kier molecular flexibility index (Phi) is 6.91. The van der Waals surface area contributed by atoms with Gasteiger partial charge in [0.25, 0.3) is 0 Å². The van der Waals surface area contributed by atoms with E-state index in [9.17, 15) is 10.2 Å². The molecule has 0 radical (unpaired) electrons. The van der Waals surface area contributed by atoms with E-state index >= 15 is 0 Å². The van der Waals surface area contributed by atoms with Crippen molar-refractivity contribution in [3.8, 4) is 22.8 Å². The van der Waals surface area contributed by atoms with Crippen LogP contribution in [0.1, 0.15) is 69.1 Å². The highest BCUT2D eigenvalue weighted by Gasteiger charge is 2.26. The van der Waals surface area contributed by atoms with Gasteiger partial charge in [-0.15, -0.1) is 5.10 Å². The van der Waals surface area contributed by atoms with Crippen molar-refractivity contribution in [2.75, 3.05) is 0 Å². The third-order valence-electron chi connectivity index (χ3n) is 10.1. The number of aliphatic hydroxyl groups excluding tert-OH is 2. The number of aliphatic hydroxyl groups is 2. The van der Waals surface area contributed by atoms with E-state index in [-0.39, 0.29) is 6.42 Å². The van der Waals surface area contributed by atoms with Crippen LogP contribution in [-0.4, -0.2) is 68.5 Å². The number of aryl methyl sites for hydroxylation is 4. The zero-order chi connectivity index (χ0) is 35.1. The van der Waals surface area contributed by atoms with E-state index < -0.39 is 12.2 Å². The van der Waals surface area contributed by atoms with Crippen molar-refractivity contribution in [2.45, 2.75) is 64.8 Å². The molecule has 0 saturated heterocycles. The quantitative estimate of drug-likeness (QED) is 0.227. The van der Waals surface area contributed by atoms with Gasteiger partial charge < -0.3 is 19.3 Å². The van der Waals surface area contributed by atoms with Gasteiger partial charge in [-0.25, -0.2) is 29.0 Å². The average Bonchev–Trinajstić information content (AvgIpc) is 3.98. The summed E-state index contributed by atoms with van der Waals surface area (Å²) in [5, 5.41) is 31.9. The number of hydrogen-bond donors (Lipinski definition) is 2. The van der Waals surface area contributed by atoms with E-state index in [2.05, 4.69) is 43.5 Å². The Balaban J connectivity index is 0.869. The number of rotatable bonds is 9. The molecule has 52 heavy (non-hydrogen) atoms. The fraction of sp³-hybridized carbons (Fsp3) is 0.263. The predicted molar refractivity (Wildman–Crippen MR) is 189 cm³/mol. The van der Waals surface area contributed by atoms with Crippen molar-refractivity contribution in [3.63, 3.8) is 0 Å². The van der Waals surface area contributed by atoms with Gasteiger partial charge in [0, 0.05) is 61.8 Å². The molecular formula is C38H34N12O2. The summed E-state index contributed by atoms with van der Waals surface area (Å²) < 4.78 is 7.74. The largest absolute Gasteiger partial charge is 0.386 e. The van der Waals surface area contributed by atoms with Gasteiger partial charge in [-0.1, -0.05) is 48.5 Å². The van der Waals surface area contributed by atoms with Gasteiger partial charge in [-0.05, 0) is 37.8 Å². The van der Waals surface area contributed by atoms with Gasteiger partial charge in [0.15, 0.2) is 22.9 Å². The van der Waals surface area contributed by atoms with E-state index in [1.54, 1.807) is 21.4 Å². The fourth-order valence-corrected chi connectivity index (χ4v) is 7.46. The molecular weight excluding hydrogens is 656 g/mol. The second kappa shape index (κ2) is 11.7. The third-order valence-corrected chi connectivity index (χ3v) is 10.1. The Morgan fingerprint density at radius 3 is 2.21 bits per heavy atom. The monoisotopic (exact) mass is 690 g/mol. The lowest BCUT2D eigenvalue weighted by molar-refractivity contribution is 0.167. The minimum absolute atomic E-state index is 0.221. The Morgan fingerprint density at radius 2 is 1.42 bits per heavy atom. The molecule has 2 aliphatic rings. The van der Waals surface area contributed by atoms with E-state index in [1.165, 1.54) is 11.1 Å². The van der Waals surface area contributed by atoms with E-state index in [4.69, 9.17) is 30.0 Å². The van der Waals surface area contributed by atoms with Crippen LogP contribution in [0.2, 0.25) is 0 Å². The molecule has 2 atom stereocenters. The van der Waals surface area contributed by atoms with Gasteiger partial charge in [-0.2, -0.15) is 5.10 Å². The van der Waals surface area contributed by atoms with Crippen LogP contribution >= 0.6 is 0 Å². The average molecular weight is 691 g/mol. The number of hydrogen-bond acceptors (Lipinski definition) is 10. The second-order valence-corrected chi connectivity index (χ2v) is 13.7. The first-order chi connectivity index (χ1) is 25.4. The molecule has 0 aliphatic carbocycles. The van der Waals surface area contributed by atoms with Gasteiger partial charge in [-0.3, -0.25) is 9.97 Å². The molecule has 2 aromatic carbocycles. The van der Waals surface area contributed by atoms with Crippen molar-refractivity contribution < 1.29 is 10.2 Å². The first kappa shape index (κ1) is 30.7. The van der Waals surface area contributed by atoms with Gasteiger partial charge in [0.05, 0.1) is 34.2 Å². The highest BCUT2D eigenvalue weighted by atomic mass is 16.3. The fourth-order valence-electron chi connectivity index (χ4n) is 7.46. The highest BCUT2D eigenvalue weighted by Crippen LogP contribution is 2.33. The zero-order valence-electron chi connectivity index (χ0n) is 28.6. The third kappa shape index (κ3) is 5.01. The van der Waals surface area contributed by atoms with Crippen LogP contribution in [0.3, 0.4) is 0 Å². The summed E-state index contributed by atoms with van der Waals surface area (Å²) in [4.78, 5) is 28.4. The van der Waals surface area contributed by atoms with Crippen molar-refractivity contribution in [2.24, 2.45) is 0 Å². The zero-order valence-corrected chi connectivity index (χ0v) is 28.6. The van der Waals surface area contributed by atoms with Crippen LogP contribution in [0.15, 0.2) is 73.3 Å². The minimum atomic E-state index is -0.929. The summed E-state index contributed by atoms with van der Waals surface area (Å²) in [5.74, 6) is 2.64. The summed E-state index contributed by atoms with van der Waals surface area (Å²) >= 11 is 0. The van der Waals surface area contributed by atoms with Crippen LogP contribution in [0, 0.1) is 13.8 Å². The number of imidazole rings is 2. The summed E-state index contributed by atoms with van der Waals surface area (Å²) in [6, 6.07) is 16.5. The summed E-state index contributed by atoms with van der Waals surface area (Å²) in [7, 11) is 0. The molecule has 0 amide bonds. The van der Waals surface area contributed by atoms with Crippen molar-refractivity contribution in [1.29, 1.82) is 0 Å². The summed E-state index contributed by atoms with van der Waals surface area (Å²) in [6.07, 6.45) is 7.32. The number of benzene rings is 2. The Hall–Kier alpha value is -6.12. The Morgan fingerprint density at radius 1 is 0.692 bits per heavy atom. The molecule has 2 aliphatic heterocycles. The molecule has 6 aromatic heterocycles. The molecule has 258 valence electrons. The maximum Gasteiger partial charge on any atom is 0.180 e. The van der Waals surface area contributed by atoms with Gasteiger partial charge in [0.2, 0.25) is 0 Å². The lowest BCUT2D eigenvalue weighted by atomic mass is 10.1. The molecule has 0 bridgehead atoms. The summed E-state index contributed by atoms with van der Waals surface area (Å²) in [5.41, 5.74) is 10.5. The van der Waals surface area contributed by atoms with Crippen molar-refractivity contribution in [1.82, 2.24) is 58.3 Å². The number of fused-ring (bicyclic) bond motifs is 8. The molecule has 10 rings (SSSR count). The molecule has 8 aromatic rings. The normalized spacial score (nSPS) is 14.2. The number of aromatic nitrogens is 12. The second-order valence-electron chi connectivity index (χ2n) is 13.7. The van der Waals surface area contributed by atoms with E-state index in [1.807, 2.05) is 50.5 Å². The number of nitrogens with zero attached hydrogens (tertiary/aromatic N) is 12. The smallest absolute Gasteiger partial charge is 0.180 e. The van der Waals surface area contributed by atoms with Crippen LogP contribution in [0.25, 0.3) is 34.1 Å². The molecule has 0 saturated carbocycles. The lowest BCUT2D eigenvalue weighted by Gasteiger charge is -2.07. The lowest BCUT2D eigenvalue weighted by Crippen LogP contribution is -2.07. The Labute approximate surface area is 297 Å². The van der Waals surface area contributed by atoms with Crippen LogP contribution < -0.4 is 0 Å². The molecule has 8 heterocycles. The molecule has 2 unspecified atom stereocenters. The van der Waals surface area contributed by atoms with E-state index in [0.29, 0.717) is 47.9 Å². The molecule has 14 nitrogen and oxygen atoms in total. The van der Waals surface area contributed by atoms with Crippen LogP contribution in [0.5, 0.6) is 0 Å². The first-order valence-electron chi connectivity index (χ1n) is 17.4. The molecule has 14 heteroatoms. The Bertz CT molecular complexity index is 2680. The van der Waals surface area contributed by atoms with E-state index in [0.717, 1.165) is 64.3 Å². The minimum Gasteiger partial charge on any atom is -0.386 e. The molecule has 0 spiro atoms. The summed E-state index contributed by atoms with van der Waals surface area (Å²) in [6.45, 7) is 5.34. The van der Waals surface area contributed by atoms with Crippen LogP contribution in [0.4, 0.5) is 0 Å².